The molecule has 0 bridgehead atoms. The maximum atomic E-state index is 10.9. The molecule has 0 aliphatic rings. The fourth-order valence-corrected chi connectivity index (χ4v) is 2.41. The van der Waals surface area contributed by atoms with Crippen LogP contribution in [0.25, 0.3) is 0 Å². The standard InChI is InChI=1S/C8H19NO3S.Li/c1-5-7(3)9(8(4)6-2)13(10,11)12;/h7-8H,5-6H2,1-4H3,(H,10,11,12);/q;+1/p-1. The van der Waals surface area contributed by atoms with Crippen molar-refractivity contribution < 1.29 is 31.8 Å². The van der Waals surface area contributed by atoms with Gasteiger partial charge in [0.1, 0.15) is 0 Å². The summed E-state index contributed by atoms with van der Waals surface area (Å²) in [5, 5.41) is 0. The average molecular weight is 215 g/mol. The molecule has 0 heterocycles. The minimum Gasteiger partial charge on any atom is -0.735 e. The van der Waals surface area contributed by atoms with Gasteiger partial charge in [0, 0.05) is 12.1 Å². The van der Waals surface area contributed by atoms with E-state index in [4.69, 9.17) is 0 Å². The second kappa shape index (κ2) is 6.86. The molecule has 14 heavy (non-hydrogen) atoms. The van der Waals surface area contributed by atoms with E-state index >= 15 is 0 Å². The monoisotopic (exact) mass is 215 g/mol. The van der Waals surface area contributed by atoms with Crippen molar-refractivity contribution in [2.75, 3.05) is 0 Å². The average Bonchev–Trinajstić information content (AvgIpc) is 2.01. The van der Waals surface area contributed by atoms with Gasteiger partial charge in [-0.15, -0.1) is 0 Å². The fraction of sp³-hybridized carbons (Fsp3) is 1.00. The van der Waals surface area contributed by atoms with Crippen molar-refractivity contribution in [3.63, 3.8) is 0 Å². The third kappa shape index (κ3) is 4.81. The summed E-state index contributed by atoms with van der Waals surface area (Å²) in [6.07, 6.45) is 1.32. The Morgan fingerprint density at radius 1 is 1.14 bits per heavy atom. The van der Waals surface area contributed by atoms with Crippen molar-refractivity contribution >= 4 is 10.3 Å². The molecular formula is C8H18LiNO3S. The molecule has 0 aromatic carbocycles. The summed E-state index contributed by atoms with van der Waals surface area (Å²) in [5.41, 5.74) is 0. The molecule has 0 saturated heterocycles. The molecule has 0 N–H and O–H groups in total. The molecule has 0 radical (unpaired) electrons. The van der Waals surface area contributed by atoms with Gasteiger partial charge >= 0.3 is 18.9 Å². The van der Waals surface area contributed by atoms with E-state index in [0.29, 0.717) is 12.8 Å². The predicted molar refractivity (Wildman–Crippen MR) is 51.0 cm³/mol. The van der Waals surface area contributed by atoms with Crippen molar-refractivity contribution in [2.24, 2.45) is 0 Å². The van der Waals surface area contributed by atoms with Gasteiger partial charge in [-0.25, -0.2) is 12.7 Å². The summed E-state index contributed by atoms with van der Waals surface area (Å²) in [5.74, 6) is 0. The van der Waals surface area contributed by atoms with Gasteiger partial charge in [0.05, 0.1) is 0 Å². The second-order valence-corrected chi connectivity index (χ2v) is 4.58. The molecule has 0 aliphatic carbocycles. The molecule has 2 unspecified atom stereocenters. The van der Waals surface area contributed by atoms with E-state index in [1.807, 2.05) is 13.8 Å². The van der Waals surface area contributed by atoms with Gasteiger partial charge in [0.15, 0.2) is 10.3 Å². The van der Waals surface area contributed by atoms with Crippen LogP contribution in [0.1, 0.15) is 40.5 Å². The Bertz CT molecular complexity index is 233. The Kier molecular flexibility index (Phi) is 8.27. The van der Waals surface area contributed by atoms with Gasteiger partial charge in [0.25, 0.3) is 0 Å². The summed E-state index contributed by atoms with van der Waals surface area (Å²) in [4.78, 5) is 0. The van der Waals surface area contributed by atoms with Crippen LogP contribution in [0.3, 0.4) is 0 Å². The van der Waals surface area contributed by atoms with E-state index in [2.05, 4.69) is 0 Å². The Hall–Kier alpha value is 0.467. The van der Waals surface area contributed by atoms with Crippen LogP contribution < -0.4 is 18.9 Å². The molecule has 80 valence electrons. The first-order valence-electron chi connectivity index (χ1n) is 4.58. The smallest absolute Gasteiger partial charge is 0.735 e. The maximum absolute atomic E-state index is 10.9. The third-order valence-electron chi connectivity index (χ3n) is 2.31. The zero-order valence-electron chi connectivity index (χ0n) is 9.65. The summed E-state index contributed by atoms with van der Waals surface area (Å²) >= 11 is 0. The summed E-state index contributed by atoms with van der Waals surface area (Å²) in [6.45, 7) is 7.24. The first kappa shape index (κ1) is 16.9. The number of rotatable bonds is 5. The molecule has 0 aromatic rings. The zero-order chi connectivity index (χ0) is 10.6. The first-order chi connectivity index (χ1) is 5.84. The van der Waals surface area contributed by atoms with Crippen LogP contribution in [0.15, 0.2) is 0 Å². The molecule has 0 fully saturated rings. The Balaban J connectivity index is 0. The predicted octanol–water partition coefficient (Wildman–Crippen LogP) is -1.65. The van der Waals surface area contributed by atoms with E-state index < -0.39 is 10.3 Å². The van der Waals surface area contributed by atoms with Crippen LogP contribution in [0, 0.1) is 0 Å². The van der Waals surface area contributed by atoms with Crippen molar-refractivity contribution in [1.29, 1.82) is 0 Å². The summed E-state index contributed by atoms with van der Waals surface area (Å²) in [6, 6.07) is -0.421. The molecule has 4 nitrogen and oxygen atoms in total. The molecule has 0 aliphatic heterocycles. The summed E-state index contributed by atoms with van der Waals surface area (Å²) < 4.78 is 33.8. The van der Waals surface area contributed by atoms with Gasteiger partial charge in [0.2, 0.25) is 0 Å². The molecule has 0 rings (SSSR count). The van der Waals surface area contributed by atoms with Crippen LogP contribution in [0.2, 0.25) is 0 Å². The molecule has 0 saturated carbocycles. The maximum Gasteiger partial charge on any atom is 1.00 e. The Morgan fingerprint density at radius 2 is 1.43 bits per heavy atom. The van der Waals surface area contributed by atoms with Crippen LogP contribution >= 0.6 is 0 Å². The van der Waals surface area contributed by atoms with E-state index in [0.717, 1.165) is 4.31 Å². The molecule has 0 aromatic heterocycles. The van der Waals surface area contributed by atoms with Crippen molar-refractivity contribution in [3.05, 3.63) is 0 Å². The quantitative estimate of drug-likeness (QED) is 0.408. The normalized spacial score (nSPS) is 16.1. The van der Waals surface area contributed by atoms with Crippen LogP contribution in [-0.2, 0) is 10.3 Å². The number of nitrogens with zero attached hydrogens (tertiary/aromatic N) is 1. The van der Waals surface area contributed by atoms with E-state index in [-0.39, 0.29) is 30.9 Å². The molecular weight excluding hydrogens is 197 g/mol. The SMILES string of the molecule is CCC(C)N(C(C)CC)S(=O)(=O)[O-].[Li+]. The van der Waals surface area contributed by atoms with Crippen molar-refractivity contribution in [1.82, 2.24) is 4.31 Å². The fourth-order valence-electron chi connectivity index (χ4n) is 1.24. The second-order valence-electron chi connectivity index (χ2n) is 3.30. The van der Waals surface area contributed by atoms with Crippen molar-refractivity contribution in [2.45, 2.75) is 52.6 Å². The van der Waals surface area contributed by atoms with Crippen LogP contribution in [0.4, 0.5) is 0 Å². The van der Waals surface area contributed by atoms with Gasteiger partial charge in [-0.1, -0.05) is 13.8 Å². The third-order valence-corrected chi connectivity index (χ3v) is 3.54. The number of hydrogen-bond acceptors (Lipinski definition) is 3. The van der Waals surface area contributed by atoms with Gasteiger partial charge in [-0.05, 0) is 26.7 Å². The van der Waals surface area contributed by atoms with E-state index in [9.17, 15) is 13.0 Å². The minimum absolute atomic E-state index is 0. The Morgan fingerprint density at radius 3 is 1.57 bits per heavy atom. The van der Waals surface area contributed by atoms with Crippen LogP contribution in [-0.4, -0.2) is 29.4 Å². The van der Waals surface area contributed by atoms with Gasteiger partial charge < -0.3 is 4.55 Å². The summed E-state index contributed by atoms with van der Waals surface area (Å²) in [7, 11) is -4.30. The molecule has 6 heteroatoms. The zero-order valence-corrected chi connectivity index (χ0v) is 10.5. The molecule has 2 atom stereocenters. The number of hydrogen-bond donors (Lipinski definition) is 0. The van der Waals surface area contributed by atoms with Gasteiger partial charge in [-0.3, -0.25) is 0 Å². The Labute approximate surface area is 99.1 Å². The largest absolute Gasteiger partial charge is 1.00 e. The minimum atomic E-state index is -4.30. The molecule has 0 amide bonds. The first-order valence-corrected chi connectivity index (χ1v) is 5.95. The molecule has 0 spiro atoms. The van der Waals surface area contributed by atoms with E-state index in [1.165, 1.54) is 0 Å². The topological polar surface area (TPSA) is 60.4 Å². The van der Waals surface area contributed by atoms with E-state index in [1.54, 1.807) is 13.8 Å². The van der Waals surface area contributed by atoms with Crippen molar-refractivity contribution in [3.8, 4) is 0 Å². The van der Waals surface area contributed by atoms with Gasteiger partial charge in [-0.2, -0.15) is 0 Å². The van der Waals surface area contributed by atoms with Crippen LogP contribution in [0.5, 0.6) is 0 Å².